The van der Waals surface area contributed by atoms with E-state index in [1.165, 1.54) is 0 Å². The van der Waals surface area contributed by atoms with Crippen LogP contribution < -0.4 is 9.84 Å². The topological polar surface area (TPSA) is 62.2 Å². The lowest BCUT2D eigenvalue weighted by Crippen LogP contribution is -2.27. The summed E-state index contributed by atoms with van der Waals surface area (Å²) >= 11 is 0. The Morgan fingerprint density at radius 2 is 1.86 bits per heavy atom. The second kappa shape index (κ2) is 7.70. The van der Waals surface area contributed by atoms with Gasteiger partial charge < -0.3 is 14.6 Å². The summed E-state index contributed by atoms with van der Waals surface area (Å²) in [6, 6.07) is 15.3. The molecular formula is C25H24NO3-. The van der Waals surface area contributed by atoms with Crippen LogP contribution in [-0.4, -0.2) is 17.1 Å². The maximum atomic E-state index is 12.1. The third kappa shape index (κ3) is 3.75. The molecule has 29 heavy (non-hydrogen) atoms. The summed E-state index contributed by atoms with van der Waals surface area (Å²) < 4.78 is 5.96. The molecule has 0 saturated carbocycles. The predicted molar refractivity (Wildman–Crippen MR) is 114 cm³/mol. The summed E-state index contributed by atoms with van der Waals surface area (Å²) in [5, 5.41) is 12.7. The van der Waals surface area contributed by atoms with Gasteiger partial charge in [0, 0.05) is 16.5 Å². The molecule has 3 aromatic rings. The molecule has 4 heteroatoms. The molecule has 4 rings (SSSR count). The molecule has 1 heterocycles. The number of allylic oxidation sites excluding steroid dienone is 1. The fraction of sp³-hybridized carbons (Fsp3) is 0.280. The largest absolute Gasteiger partial charge is 0.545 e. The number of carbonyl (C=O) groups is 1. The van der Waals surface area contributed by atoms with Gasteiger partial charge in [-0.15, -0.1) is 0 Å². The van der Waals surface area contributed by atoms with E-state index in [2.05, 4.69) is 13.0 Å². The van der Waals surface area contributed by atoms with E-state index in [-0.39, 0.29) is 11.7 Å². The van der Waals surface area contributed by atoms with Crippen molar-refractivity contribution < 1.29 is 14.6 Å². The maximum Gasteiger partial charge on any atom is 0.126 e. The molecule has 4 nitrogen and oxygen atoms in total. The minimum Gasteiger partial charge on any atom is -0.545 e. The zero-order valence-electron chi connectivity index (χ0n) is 16.9. The third-order valence-electron chi connectivity index (χ3n) is 5.23. The van der Waals surface area contributed by atoms with Gasteiger partial charge in [0.25, 0.3) is 0 Å². The average Bonchev–Trinajstić information content (AvgIpc) is 2.67. The van der Waals surface area contributed by atoms with Gasteiger partial charge in [-0.05, 0) is 62.0 Å². The highest BCUT2D eigenvalue weighted by Gasteiger charge is 2.26. The van der Waals surface area contributed by atoms with E-state index < -0.39 is 5.97 Å². The van der Waals surface area contributed by atoms with Gasteiger partial charge in [0.05, 0.1) is 23.3 Å². The summed E-state index contributed by atoms with van der Waals surface area (Å²) in [5.41, 5.74) is 4.50. The first-order chi connectivity index (χ1) is 13.9. The van der Waals surface area contributed by atoms with E-state index in [0.717, 1.165) is 34.6 Å². The fourth-order valence-electron chi connectivity index (χ4n) is 4.12. The van der Waals surface area contributed by atoms with Crippen LogP contribution in [0.25, 0.3) is 22.6 Å². The Labute approximate surface area is 170 Å². The number of para-hydroxylation sites is 2. The Bertz CT molecular complexity index is 1110. The van der Waals surface area contributed by atoms with E-state index in [1.54, 1.807) is 0 Å². The highest BCUT2D eigenvalue weighted by molar-refractivity contribution is 6.05. The number of carboxylic acids is 1. The smallest absolute Gasteiger partial charge is 0.126 e. The van der Waals surface area contributed by atoms with Gasteiger partial charge in [-0.2, -0.15) is 0 Å². The molecule has 1 aliphatic carbocycles. The summed E-state index contributed by atoms with van der Waals surface area (Å²) in [7, 11) is 0. The Hall–Kier alpha value is -3.14. The number of rotatable bonds is 4. The first-order valence-electron chi connectivity index (χ1n) is 10.0. The number of carboxylic acid groups (broad SMARTS) is 1. The van der Waals surface area contributed by atoms with Gasteiger partial charge in [0.2, 0.25) is 0 Å². The molecule has 0 saturated heterocycles. The molecule has 148 valence electrons. The molecule has 0 N–H and O–H groups in total. The van der Waals surface area contributed by atoms with Crippen molar-refractivity contribution >= 4 is 28.5 Å². The van der Waals surface area contributed by atoms with Crippen LogP contribution >= 0.6 is 0 Å². The highest BCUT2D eigenvalue weighted by Crippen LogP contribution is 2.39. The average molecular weight is 386 g/mol. The molecule has 0 unspecified atom stereocenters. The Morgan fingerprint density at radius 1 is 1.14 bits per heavy atom. The SMILES string of the molecule is CC(C)Oc1ccccc1/C=C1\C[C@H](C)Cc2c1nc1ccccc1c2C(=O)[O-]. The van der Waals surface area contributed by atoms with Crippen molar-refractivity contribution in [3.05, 3.63) is 70.9 Å². The molecule has 0 radical (unpaired) electrons. The monoisotopic (exact) mass is 386 g/mol. The molecule has 1 aromatic heterocycles. The number of nitrogens with zero attached hydrogens (tertiary/aromatic N) is 1. The first-order valence-corrected chi connectivity index (χ1v) is 10.0. The molecule has 0 bridgehead atoms. The lowest BCUT2D eigenvalue weighted by atomic mass is 9.80. The molecular weight excluding hydrogens is 362 g/mol. The number of hydrogen-bond acceptors (Lipinski definition) is 4. The van der Waals surface area contributed by atoms with Crippen molar-refractivity contribution in [2.45, 2.75) is 39.7 Å². The van der Waals surface area contributed by atoms with Crippen molar-refractivity contribution in [2.75, 3.05) is 0 Å². The van der Waals surface area contributed by atoms with Crippen molar-refractivity contribution in [3.63, 3.8) is 0 Å². The van der Waals surface area contributed by atoms with Gasteiger partial charge in [-0.1, -0.05) is 43.3 Å². The van der Waals surface area contributed by atoms with Gasteiger partial charge >= 0.3 is 0 Å². The zero-order valence-corrected chi connectivity index (χ0v) is 16.9. The second-order valence-electron chi connectivity index (χ2n) is 8.01. The molecule has 0 spiro atoms. The van der Waals surface area contributed by atoms with E-state index in [9.17, 15) is 9.90 Å². The van der Waals surface area contributed by atoms with Crippen molar-refractivity contribution in [2.24, 2.45) is 5.92 Å². The number of ether oxygens (including phenoxy) is 1. The van der Waals surface area contributed by atoms with Gasteiger partial charge in [0.1, 0.15) is 5.75 Å². The number of pyridine rings is 1. The number of aromatic nitrogens is 1. The van der Waals surface area contributed by atoms with Crippen LogP contribution in [0.3, 0.4) is 0 Å². The normalized spacial score (nSPS) is 17.5. The molecule has 0 aliphatic heterocycles. The molecule has 1 aliphatic rings. The number of hydrogen-bond donors (Lipinski definition) is 0. The Kier molecular flexibility index (Phi) is 5.10. The van der Waals surface area contributed by atoms with Crippen LogP contribution in [-0.2, 0) is 6.42 Å². The second-order valence-corrected chi connectivity index (χ2v) is 8.01. The molecule has 1 atom stereocenters. The minimum atomic E-state index is -1.14. The van der Waals surface area contributed by atoms with E-state index in [4.69, 9.17) is 9.72 Å². The lowest BCUT2D eigenvalue weighted by Gasteiger charge is -2.27. The quantitative estimate of drug-likeness (QED) is 0.662. The standard InChI is InChI=1S/C25H25NO3/c1-15(2)29-22-11-7-4-8-17(22)14-18-12-16(3)13-20-23(25(27)28)19-9-5-6-10-21(19)26-24(18)20/h4-11,14-16H,12-13H2,1-3H3,(H,27,28)/p-1/b18-14+/t16-/m0/s1. The molecule has 0 amide bonds. The fourth-order valence-corrected chi connectivity index (χ4v) is 4.12. The van der Waals surface area contributed by atoms with Crippen molar-refractivity contribution in [1.29, 1.82) is 0 Å². The van der Waals surface area contributed by atoms with Crippen LogP contribution in [0, 0.1) is 5.92 Å². The number of fused-ring (bicyclic) bond motifs is 2. The Morgan fingerprint density at radius 3 is 2.62 bits per heavy atom. The first kappa shape index (κ1) is 19.2. The molecule has 0 fully saturated rings. The van der Waals surface area contributed by atoms with Crippen molar-refractivity contribution in [1.82, 2.24) is 4.98 Å². The van der Waals surface area contributed by atoms with E-state index in [0.29, 0.717) is 23.2 Å². The van der Waals surface area contributed by atoms with Crippen LogP contribution in [0.4, 0.5) is 0 Å². The lowest BCUT2D eigenvalue weighted by molar-refractivity contribution is -0.254. The third-order valence-corrected chi connectivity index (χ3v) is 5.23. The van der Waals surface area contributed by atoms with Crippen LogP contribution in [0.5, 0.6) is 5.75 Å². The summed E-state index contributed by atoms with van der Waals surface area (Å²) in [4.78, 5) is 16.9. The van der Waals surface area contributed by atoms with E-state index >= 15 is 0 Å². The van der Waals surface area contributed by atoms with Gasteiger partial charge in [-0.25, -0.2) is 4.98 Å². The Balaban J connectivity index is 1.94. The number of benzene rings is 2. The highest BCUT2D eigenvalue weighted by atomic mass is 16.5. The van der Waals surface area contributed by atoms with E-state index in [1.807, 2.05) is 62.4 Å². The van der Waals surface area contributed by atoms with Crippen molar-refractivity contribution in [3.8, 4) is 5.75 Å². The maximum absolute atomic E-state index is 12.1. The van der Waals surface area contributed by atoms with Crippen LogP contribution in [0.1, 0.15) is 54.4 Å². The summed E-state index contributed by atoms with van der Waals surface area (Å²) in [6.45, 7) is 6.14. The predicted octanol–water partition coefficient (Wildman–Crippen LogP) is 4.51. The van der Waals surface area contributed by atoms with Crippen LogP contribution in [0.2, 0.25) is 0 Å². The number of aromatic carboxylic acids is 1. The van der Waals surface area contributed by atoms with Crippen LogP contribution in [0.15, 0.2) is 48.5 Å². The zero-order chi connectivity index (χ0) is 20.5. The number of carbonyl (C=O) groups excluding carboxylic acids is 1. The minimum absolute atomic E-state index is 0.0684. The van der Waals surface area contributed by atoms with Gasteiger partial charge in [-0.3, -0.25) is 0 Å². The molecule has 2 aromatic carbocycles. The summed E-state index contributed by atoms with van der Waals surface area (Å²) in [5.74, 6) is -0.0134. The van der Waals surface area contributed by atoms with Gasteiger partial charge in [0.15, 0.2) is 0 Å². The summed E-state index contributed by atoms with van der Waals surface area (Å²) in [6.07, 6.45) is 3.67.